The molecule has 1 aromatic carbocycles. The van der Waals surface area contributed by atoms with Gasteiger partial charge in [-0.05, 0) is 31.2 Å². The van der Waals surface area contributed by atoms with Gasteiger partial charge in [0.05, 0.1) is 21.8 Å². The number of amides is 1. The number of aromatic nitrogens is 2. The fourth-order valence-electron chi connectivity index (χ4n) is 2.48. The van der Waals surface area contributed by atoms with Crippen molar-refractivity contribution in [3.05, 3.63) is 61.8 Å². The standard InChI is InChI=1S/C17H16ClN3O2S/c1-11-19-14-6-4-3-5-13(14)17(23)21(11)10-16(22)20(2)9-12-7-8-15(18)24-12/h3-8H,9-10H2,1-2H3. The minimum atomic E-state index is -0.195. The molecule has 0 atom stereocenters. The lowest BCUT2D eigenvalue weighted by Crippen LogP contribution is -2.34. The Balaban J connectivity index is 1.83. The molecule has 0 aliphatic carbocycles. The molecule has 0 aliphatic rings. The van der Waals surface area contributed by atoms with Gasteiger partial charge in [0.1, 0.15) is 12.4 Å². The first-order chi connectivity index (χ1) is 11.5. The van der Waals surface area contributed by atoms with E-state index in [1.165, 1.54) is 15.9 Å². The van der Waals surface area contributed by atoms with Gasteiger partial charge < -0.3 is 4.90 Å². The lowest BCUT2D eigenvalue weighted by atomic mass is 10.2. The van der Waals surface area contributed by atoms with Crippen molar-refractivity contribution in [2.75, 3.05) is 7.05 Å². The molecule has 2 aromatic heterocycles. The van der Waals surface area contributed by atoms with Gasteiger partial charge in [0.15, 0.2) is 0 Å². The van der Waals surface area contributed by atoms with Crippen LogP contribution in [0.4, 0.5) is 0 Å². The van der Waals surface area contributed by atoms with Crippen molar-refractivity contribution in [2.45, 2.75) is 20.0 Å². The second kappa shape index (κ2) is 6.75. The van der Waals surface area contributed by atoms with E-state index in [1.54, 1.807) is 37.1 Å². The van der Waals surface area contributed by atoms with E-state index in [1.807, 2.05) is 18.2 Å². The van der Waals surface area contributed by atoms with Gasteiger partial charge in [-0.25, -0.2) is 4.98 Å². The fourth-order valence-corrected chi connectivity index (χ4v) is 3.62. The summed E-state index contributed by atoms with van der Waals surface area (Å²) in [4.78, 5) is 32.1. The Hall–Kier alpha value is -2.18. The predicted octanol–water partition coefficient (Wildman–Crippen LogP) is 3.08. The summed E-state index contributed by atoms with van der Waals surface area (Å²) < 4.78 is 2.11. The van der Waals surface area contributed by atoms with Crippen LogP contribution in [0.3, 0.4) is 0 Å². The van der Waals surface area contributed by atoms with Crippen molar-refractivity contribution < 1.29 is 4.79 Å². The number of carbonyl (C=O) groups is 1. The highest BCUT2D eigenvalue weighted by molar-refractivity contribution is 7.16. The van der Waals surface area contributed by atoms with Crippen LogP contribution in [0, 0.1) is 6.92 Å². The van der Waals surface area contributed by atoms with Crippen molar-refractivity contribution in [1.29, 1.82) is 0 Å². The highest BCUT2D eigenvalue weighted by atomic mass is 35.5. The predicted molar refractivity (Wildman–Crippen MR) is 96.5 cm³/mol. The Labute approximate surface area is 148 Å². The van der Waals surface area contributed by atoms with Crippen LogP contribution >= 0.6 is 22.9 Å². The number of carbonyl (C=O) groups excluding carboxylic acids is 1. The molecule has 0 bridgehead atoms. The molecule has 0 fully saturated rings. The number of nitrogens with zero attached hydrogens (tertiary/aromatic N) is 3. The van der Waals surface area contributed by atoms with Gasteiger partial charge in [0.25, 0.3) is 5.56 Å². The quantitative estimate of drug-likeness (QED) is 0.717. The summed E-state index contributed by atoms with van der Waals surface area (Å²) in [5, 5.41) is 0.517. The van der Waals surface area contributed by atoms with E-state index in [0.29, 0.717) is 27.6 Å². The second-order valence-electron chi connectivity index (χ2n) is 5.52. The van der Waals surface area contributed by atoms with Crippen LogP contribution in [0.5, 0.6) is 0 Å². The van der Waals surface area contributed by atoms with E-state index in [9.17, 15) is 9.59 Å². The van der Waals surface area contributed by atoms with Crippen LogP contribution in [-0.2, 0) is 17.9 Å². The Kier molecular flexibility index (Phi) is 4.69. The van der Waals surface area contributed by atoms with E-state index in [0.717, 1.165) is 4.88 Å². The van der Waals surface area contributed by atoms with Gasteiger partial charge in [-0.15, -0.1) is 11.3 Å². The maximum absolute atomic E-state index is 12.6. The SMILES string of the molecule is Cc1nc2ccccc2c(=O)n1CC(=O)N(C)Cc1ccc(Cl)s1. The molecule has 3 rings (SSSR count). The lowest BCUT2D eigenvalue weighted by molar-refractivity contribution is -0.131. The van der Waals surface area contributed by atoms with Crippen molar-refractivity contribution >= 4 is 39.7 Å². The summed E-state index contributed by atoms with van der Waals surface area (Å²) in [7, 11) is 1.71. The molecule has 3 aromatic rings. The molecule has 0 spiro atoms. The van der Waals surface area contributed by atoms with Crippen LogP contribution in [0.1, 0.15) is 10.7 Å². The van der Waals surface area contributed by atoms with E-state index >= 15 is 0 Å². The third-order valence-corrected chi connectivity index (χ3v) is 5.01. The molecule has 0 unspecified atom stereocenters. The van der Waals surface area contributed by atoms with Gasteiger partial charge in [-0.3, -0.25) is 14.2 Å². The van der Waals surface area contributed by atoms with Gasteiger partial charge in [-0.1, -0.05) is 23.7 Å². The number of hydrogen-bond donors (Lipinski definition) is 0. The molecule has 0 saturated heterocycles. The molecule has 5 nitrogen and oxygen atoms in total. The molecule has 24 heavy (non-hydrogen) atoms. The molecule has 7 heteroatoms. The number of fused-ring (bicyclic) bond motifs is 1. The third-order valence-electron chi connectivity index (χ3n) is 3.79. The monoisotopic (exact) mass is 361 g/mol. The van der Waals surface area contributed by atoms with Crippen LogP contribution in [0.15, 0.2) is 41.2 Å². The third kappa shape index (κ3) is 3.34. The highest BCUT2D eigenvalue weighted by Gasteiger charge is 2.15. The highest BCUT2D eigenvalue weighted by Crippen LogP contribution is 2.22. The number of thiophene rings is 1. The average Bonchev–Trinajstić information content (AvgIpc) is 2.96. The average molecular weight is 362 g/mol. The van der Waals surface area contributed by atoms with E-state index in [2.05, 4.69) is 4.98 Å². The van der Waals surface area contributed by atoms with E-state index < -0.39 is 0 Å². The molecule has 0 saturated carbocycles. The number of para-hydroxylation sites is 1. The summed E-state index contributed by atoms with van der Waals surface area (Å²) in [5.41, 5.74) is 0.448. The summed E-state index contributed by atoms with van der Waals surface area (Å²) in [6.45, 7) is 2.17. The maximum Gasteiger partial charge on any atom is 0.261 e. The van der Waals surface area contributed by atoms with E-state index in [4.69, 9.17) is 11.6 Å². The number of likely N-dealkylation sites (N-methyl/N-ethyl adjacent to an activating group) is 1. The number of rotatable bonds is 4. The smallest absolute Gasteiger partial charge is 0.261 e. The van der Waals surface area contributed by atoms with Gasteiger partial charge in [0, 0.05) is 11.9 Å². The molecule has 0 N–H and O–H groups in total. The molecule has 124 valence electrons. The van der Waals surface area contributed by atoms with Crippen molar-refractivity contribution in [3.8, 4) is 0 Å². The van der Waals surface area contributed by atoms with Crippen LogP contribution < -0.4 is 5.56 Å². The number of benzene rings is 1. The summed E-state index contributed by atoms with van der Waals surface area (Å²) >= 11 is 7.35. The largest absolute Gasteiger partial charge is 0.339 e. The first-order valence-electron chi connectivity index (χ1n) is 7.40. The summed E-state index contributed by atoms with van der Waals surface area (Å²) in [5.74, 6) is 0.376. The van der Waals surface area contributed by atoms with E-state index in [-0.39, 0.29) is 18.0 Å². The number of hydrogen-bond acceptors (Lipinski definition) is 4. The molecule has 0 aliphatic heterocycles. The Morgan fingerprint density at radius 2 is 2.04 bits per heavy atom. The second-order valence-corrected chi connectivity index (χ2v) is 7.32. The lowest BCUT2D eigenvalue weighted by Gasteiger charge is -2.18. The van der Waals surface area contributed by atoms with Gasteiger partial charge >= 0.3 is 0 Å². The fraction of sp³-hybridized carbons (Fsp3) is 0.235. The summed E-state index contributed by atoms with van der Waals surface area (Å²) in [6.07, 6.45) is 0. The van der Waals surface area contributed by atoms with Crippen LogP contribution in [0.2, 0.25) is 4.34 Å². The zero-order chi connectivity index (χ0) is 17.3. The first-order valence-corrected chi connectivity index (χ1v) is 8.59. The topological polar surface area (TPSA) is 55.2 Å². The Morgan fingerprint density at radius 1 is 1.29 bits per heavy atom. The minimum Gasteiger partial charge on any atom is -0.339 e. The number of halogens is 1. The first kappa shape index (κ1) is 16.7. The molecular formula is C17H16ClN3O2S. The molecule has 0 radical (unpaired) electrons. The Morgan fingerprint density at radius 3 is 2.75 bits per heavy atom. The molecule has 1 amide bonds. The minimum absolute atomic E-state index is 0.0297. The van der Waals surface area contributed by atoms with Crippen LogP contribution in [-0.4, -0.2) is 27.4 Å². The van der Waals surface area contributed by atoms with Crippen molar-refractivity contribution in [3.63, 3.8) is 0 Å². The summed E-state index contributed by atoms with van der Waals surface area (Å²) in [6, 6.07) is 10.8. The Bertz CT molecular complexity index is 964. The number of aryl methyl sites for hydroxylation is 1. The molecular weight excluding hydrogens is 346 g/mol. The normalized spacial score (nSPS) is 11.0. The van der Waals surface area contributed by atoms with Gasteiger partial charge in [-0.2, -0.15) is 0 Å². The zero-order valence-electron chi connectivity index (χ0n) is 13.3. The maximum atomic E-state index is 12.6. The van der Waals surface area contributed by atoms with Crippen molar-refractivity contribution in [2.24, 2.45) is 0 Å². The molecule has 2 heterocycles. The van der Waals surface area contributed by atoms with Crippen LogP contribution in [0.25, 0.3) is 10.9 Å². The zero-order valence-corrected chi connectivity index (χ0v) is 14.9. The van der Waals surface area contributed by atoms with Crippen molar-refractivity contribution in [1.82, 2.24) is 14.5 Å². The van der Waals surface area contributed by atoms with Gasteiger partial charge in [0.2, 0.25) is 5.91 Å².